The fraction of sp³-hybridized carbons (Fsp3) is 0.683. The summed E-state index contributed by atoms with van der Waals surface area (Å²) in [5.74, 6) is -1.35. The van der Waals surface area contributed by atoms with Gasteiger partial charge in [-0.05, 0) is 114 Å². The lowest BCUT2D eigenvalue weighted by atomic mass is 9.57. The molecular formula is C41H62ClN3O7Si. The van der Waals surface area contributed by atoms with Crippen molar-refractivity contribution in [2.24, 2.45) is 11.8 Å². The van der Waals surface area contributed by atoms with Gasteiger partial charge >= 0.3 is 0 Å². The lowest BCUT2D eigenvalue weighted by Crippen LogP contribution is -2.68. The van der Waals surface area contributed by atoms with Crippen molar-refractivity contribution < 1.29 is 33.1 Å². The minimum absolute atomic E-state index is 0.0789. The monoisotopic (exact) mass is 771 g/mol. The number of carbonyl (C=O) groups is 2. The van der Waals surface area contributed by atoms with Gasteiger partial charge in [0, 0.05) is 28.6 Å². The summed E-state index contributed by atoms with van der Waals surface area (Å²) >= 11 is 7.29. The third-order valence-electron chi connectivity index (χ3n) is 12.1. The standard InChI is InChI=1S/C41H62ClN3O7Si/c1-14-16-18-49-28-22-25(23-45(11)39(3,4)5)32(42)26-20-24-21-27-33(44(9)10)35-31(38(43-51-35)50-19-17-15-2)37(48)41(27,52-53(12,13)40(6,7)8)36(47)29(24)34(46)30(26)28/h22,24,27,33,46H,14-21,23H2,1-13H3/t24-,27-,33-,41-/m0/s1. The van der Waals surface area contributed by atoms with E-state index in [0.29, 0.717) is 54.7 Å². The summed E-state index contributed by atoms with van der Waals surface area (Å²) < 4.78 is 25.7. The van der Waals surface area contributed by atoms with E-state index in [2.05, 4.69) is 85.6 Å². The van der Waals surface area contributed by atoms with E-state index >= 15 is 9.59 Å². The Kier molecular flexibility index (Phi) is 11.8. The van der Waals surface area contributed by atoms with Crippen molar-refractivity contribution >= 4 is 37.2 Å². The van der Waals surface area contributed by atoms with Crippen LogP contribution >= 0.6 is 11.6 Å². The van der Waals surface area contributed by atoms with Gasteiger partial charge in [0.25, 0.3) is 5.88 Å². The SMILES string of the molecule is CCCCOc1cc(CN(C)C(C)(C)C)c(Cl)c2c1C(O)=C1C(=O)[C@]3(O[Si](C)(C)C(C)(C)C)C(=O)c4c(OCCCC)noc4[C@@H](N(C)C)[C@@H]3C[C@@H]1C2. The van der Waals surface area contributed by atoms with Gasteiger partial charge in [-0.15, -0.1) is 0 Å². The van der Waals surface area contributed by atoms with E-state index in [0.717, 1.165) is 36.8 Å². The van der Waals surface area contributed by atoms with Crippen LogP contribution in [0.15, 0.2) is 16.2 Å². The van der Waals surface area contributed by atoms with E-state index < -0.39 is 43.4 Å². The lowest BCUT2D eigenvalue weighted by molar-refractivity contribution is -0.140. The molecule has 4 atom stereocenters. The normalized spacial score (nSPS) is 23.3. The molecule has 0 bridgehead atoms. The number of unbranched alkanes of at least 4 members (excludes halogenated alkanes) is 2. The van der Waals surface area contributed by atoms with Crippen LogP contribution in [0.3, 0.4) is 0 Å². The summed E-state index contributed by atoms with van der Waals surface area (Å²) in [6.07, 6.45) is 4.18. The molecule has 53 heavy (non-hydrogen) atoms. The van der Waals surface area contributed by atoms with Gasteiger partial charge in [0.1, 0.15) is 17.1 Å². The zero-order valence-electron chi connectivity index (χ0n) is 34.3. The molecule has 1 fully saturated rings. The van der Waals surface area contributed by atoms with E-state index in [9.17, 15) is 5.11 Å². The number of fused-ring (bicyclic) bond motifs is 4. The quantitative estimate of drug-likeness (QED) is 0.120. The molecule has 5 rings (SSSR count). The second-order valence-electron chi connectivity index (χ2n) is 18.0. The van der Waals surface area contributed by atoms with Gasteiger partial charge in [0.05, 0.1) is 24.8 Å². The largest absolute Gasteiger partial charge is 0.507 e. The van der Waals surface area contributed by atoms with Crippen LogP contribution < -0.4 is 9.47 Å². The average molecular weight is 772 g/mol. The summed E-state index contributed by atoms with van der Waals surface area (Å²) in [4.78, 5) is 35.2. The van der Waals surface area contributed by atoms with Crippen LogP contribution in [-0.4, -0.2) is 85.4 Å². The minimum atomic E-state index is -2.84. The fourth-order valence-corrected chi connectivity index (χ4v) is 9.41. The van der Waals surface area contributed by atoms with E-state index in [1.807, 2.05) is 25.1 Å². The number of ether oxygens (including phenoxy) is 2. The molecule has 1 N–H and O–H groups in total. The van der Waals surface area contributed by atoms with E-state index in [1.54, 1.807) is 0 Å². The van der Waals surface area contributed by atoms with Crippen molar-refractivity contribution in [3.63, 3.8) is 0 Å². The Labute approximate surface area is 322 Å². The van der Waals surface area contributed by atoms with Gasteiger partial charge in [0.2, 0.25) is 11.6 Å². The van der Waals surface area contributed by atoms with Crippen molar-refractivity contribution in [2.45, 2.75) is 136 Å². The van der Waals surface area contributed by atoms with Crippen molar-refractivity contribution in [3.8, 4) is 11.6 Å². The van der Waals surface area contributed by atoms with Crippen LogP contribution in [0.2, 0.25) is 23.2 Å². The first-order chi connectivity index (χ1) is 24.6. The summed E-state index contributed by atoms with van der Waals surface area (Å²) in [5.41, 5.74) is 0.361. The van der Waals surface area contributed by atoms with Gasteiger partial charge < -0.3 is 23.5 Å². The predicted molar refractivity (Wildman–Crippen MR) is 212 cm³/mol. The molecule has 0 radical (unpaired) electrons. The number of aliphatic hydroxyl groups excluding tert-OH is 1. The highest BCUT2D eigenvalue weighted by molar-refractivity contribution is 6.74. The van der Waals surface area contributed by atoms with Gasteiger partial charge in [0.15, 0.2) is 19.7 Å². The molecular weight excluding hydrogens is 710 g/mol. The highest BCUT2D eigenvalue weighted by Gasteiger charge is 2.69. The van der Waals surface area contributed by atoms with Gasteiger partial charge in [-0.2, -0.15) is 0 Å². The Morgan fingerprint density at radius 2 is 1.62 bits per heavy atom. The van der Waals surface area contributed by atoms with Crippen molar-refractivity contribution in [3.05, 3.63) is 44.7 Å². The summed E-state index contributed by atoms with van der Waals surface area (Å²) in [5, 5.41) is 16.9. The number of hydrogen-bond donors (Lipinski definition) is 1. The number of ketones is 2. The lowest BCUT2D eigenvalue weighted by Gasteiger charge is -2.55. The molecule has 1 saturated carbocycles. The molecule has 2 aromatic rings. The molecule has 0 saturated heterocycles. The Balaban J connectivity index is 1.77. The van der Waals surface area contributed by atoms with Crippen LogP contribution in [0.4, 0.5) is 0 Å². The maximum Gasteiger partial charge on any atom is 0.265 e. The highest BCUT2D eigenvalue weighted by atomic mass is 35.5. The Bertz CT molecular complexity index is 1750. The predicted octanol–water partition coefficient (Wildman–Crippen LogP) is 9.21. The zero-order chi connectivity index (χ0) is 39.4. The number of halogens is 1. The van der Waals surface area contributed by atoms with Crippen molar-refractivity contribution in [1.29, 1.82) is 0 Å². The maximum atomic E-state index is 15.7. The van der Waals surface area contributed by atoms with Crippen molar-refractivity contribution in [1.82, 2.24) is 15.0 Å². The Hall–Kier alpha value is -2.70. The van der Waals surface area contributed by atoms with Gasteiger partial charge in [-0.25, -0.2) is 0 Å². The summed E-state index contributed by atoms with van der Waals surface area (Å²) in [6, 6.07) is 1.37. The second-order valence-corrected chi connectivity index (χ2v) is 23.1. The van der Waals surface area contributed by atoms with E-state index in [1.165, 1.54) is 0 Å². The molecule has 1 aromatic heterocycles. The second kappa shape index (κ2) is 15.1. The van der Waals surface area contributed by atoms with Gasteiger partial charge in [-0.1, -0.05) is 59.1 Å². The van der Waals surface area contributed by atoms with Crippen molar-refractivity contribution in [2.75, 3.05) is 34.4 Å². The molecule has 12 heteroatoms. The molecule has 10 nitrogen and oxygen atoms in total. The molecule has 0 spiro atoms. The molecule has 1 heterocycles. The van der Waals surface area contributed by atoms with Crippen LogP contribution in [-0.2, 0) is 22.2 Å². The van der Waals surface area contributed by atoms with Crippen LogP contribution in [0.25, 0.3) is 5.76 Å². The number of nitrogens with zero attached hydrogens (tertiary/aromatic N) is 3. The molecule has 3 aliphatic rings. The summed E-state index contributed by atoms with van der Waals surface area (Å²) in [6.45, 7) is 22.3. The first-order valence-electron chi connectivity index (χ1n) is 19.3. The molecule has 0 amide bonds. The Morgan fingerprint density at radius 3 is 2.19 bits per heavy atom. The topological polar surface area (TPSA) is 115 Å². The number of hydrogen-bond acceptors (Lipinski definition) is 10. The zero-order valence-corrected chi connectivity index (χ0v) is 36.0. The number of Topliss-reactive ketones (excluding diaryl/α,β-unsaturated/α-hetero) is 2. The first-order valence-corrected chi connectivity index (χ1v) is 22.6. The van der Waals surface area contributed by atoms with E-state index in [4.69, 9.17) is 30.0 Å². The molecule has 0 unspecified atom stereocenters. The summed E-state index contributed by atoms with van der Waals surface area (Å²) in [7, 11) is 3.05. The van der Waals surface area contributed by atoms with E-state index in [-0.39, 0.29) is 33.4 Å². The average Bonchev–Trinajstić information content (AvgIpc) is 3.46. The van der Waals surface area contributed by atoms with Crippen LogP contribution in [0, 0.1) is 11.8 Å². The smallest absolute Gasteiger partial charge is 0.265 e. The molecule has 3 aliphatic carbocycles. The van der Waals surface area contributed by atoms with Gasteiger partial charge in [-0.3, -0.25) is 19.4 Å². The van der Waals surface area contributed by atoms with Crippen LogP contribution in [0.5, 0.6) is 11.6 Å². The molecule has 294 valence electrons. The third kappa shape index (κ3) is 7.25. The fourth-order valence-electron chi connectivity index (χ4n) is 7.68. The maximum absolute atomic E-state index is 15.7. The van der Waals surface area contributed by atoms with Crippen LogP contribution in [0.1, 0.15) is 126 Å². The number of carbonyl (C=O) groups excluding carboxylic acids is 2. The first kappa shape index (κ1) is 41.5. The third-order valence-corrected chi connectivity index (χ3v) is 17.0. The number of benzene rings is 1. The minimum Gasteiger partial charge on any atom is -0.507 e. The number of aromatic nitrogens is 1. The highest BCUT2D eigenvalue weighted by Crippen LogP contribution is 2.59. The molecule has 0 aliphatic heterocycles. The number of rotatable bonds is 13. The number of aliphatic hydroxyl groups is 1. The molecule has 1 aromatic carbocycles. The Morgan fingerprint density at radius 1 is 1.00 bits per heavy atom.